The highest BCUT2D eigenvalue weighted by molar-refractivity contribution is 5.87. The summed E-state index contributed by atoms with van der Waals surface area (Å²) in [6.07, 6.45) is 1.57. The maximum Gasteiger partial charge on any atom is 0.410 e. The first kappa shape index (κ1) is 34.5. The minimum absolute atomic E-state index is 0.101. The van der Waals surface area contributed by atoms with Crippen molar-refractivity contribution in [3.63, 3.8) is 0 Å². The van der Waals surface area contributed by atoms with Gasteiger partial charge in [-0.05, 0) is 101 Å². The first-order chi connectivity index (χ1) is 21.8. The molecule has 2 aliphatic rings. The van der Waals surface area contributed by atoms with Crippen LogP contribution in [0.1, 0.15) is 65.9 Å². The quantitative estimate of drug-likeness (QED) is 0.354. The van der Waals surface area contributed by atoms with Gasteiger partial charge in [-0.25, -0.2) is 14.0 Å². The van der Waals surface area contributed by atoms with Gasteiger partial charge in [0.25, 0.3) is 0 Å². The van der Waals surface area contributed by atoms with Gasteiger partial charge in [-0.2, -0.15) is 5.26 Å². The molecule has 0 bridgehead atoms. The summed E-state index contributed by atoms with van der Waals surface area (Å²) in [5, 5.41) is 12.1. The molecule has 2 aliphatic heterocycles. The molecule has 2 aromatic rings. The lowest BCUT2D eigenvalue weighted by molar-refractivity contribution is -0.133. The fourth-order valence-corrected chi connectivity index (χ4v) is 5.66. The Hall–Kier alpha value is -4.33. The SMILES string of the molecule is CC(C)OC(=O)N1CCC(COc2cccc(-c3ccc(CC(NC(=O)OC(C)(C)C)C(=O)N4CCC[C@H]4C#N)c(F)c3)c2)CC1. The third kappa shape index (κ3) is 9.59. The zero-order chi connectivity index (χ0) is 33.4. The zero-order valence-electron chi connectivity index (χ0n) is 27.4. The minimum Gasteiger partial charge on any atom is -0.493 e. The Kier molecular flexibility index (Phi) is 11.5. The van der Waals surface area contributed by atoms with Crippen LogP contribution in [-0.2, 0) is 20.7 Å². The van der Waals surface area contributed by atoms with Gasteiger partial charge in [0, 0.05) is 26.1 Å². The second-order valence-electron chi connectivity index (χ2n) is 13.2. The van der Waals surface area contributed by atoms with Gasteiger partial charge in [-0.15, -0.1) is 0 Å². The molecular formula is C35H45FN4O6. The first-order valence-electron chi connectivity index (χ1n) is 16.0. The second-order valence-corrected chi connectivity index (χ2v) is 13.2. The molecule has 0 aliphatic carbocycles. The number of halogens is 1. The first-order valence-corrected chi connectivity index (χ1v) is 16.0. The number of ether oxygens (including phenoxy) is 3. The van der Waals surface area contributed by atoms with Crippen molar-refractivity contribution in [1.82, 2.24) is 15.1 Å². The lowest BCUT2D eigenvalue weighted by Gasteiger charge is -2.31. The summed E-state index contributed by atoms with van der Waals surface area (Å²) in [6.45, 7) is 11.0. The number of rotatable bonds is 9. The number of nitrogens with one attached hydrogen (secondary N) is 1. The topological polar surface area (TPSA) is 121 Å². The van der Waals surface area contributed by atoms with E-state index in [9.17, 15) is 19.6 Å². The van der Waals surface area contributed by atoms with E-state index in [0.29, 0.717) is 56.3 Å². The van der Waals surface area contributed by atoms with Gasteiger partial charge < -0.3 is 29.3 Å². The Morgan fingerprint density at radius 1 is 1.04 bits per heavy atom. The number of nitrogens with zero attached hydrogens (tertiary/aromatic N) is 3. The van der Waals surface area contributed by atoms with Crippen molar-refractivity contribution in [2.24, 2.45) is 5.92 Å². The molecule has 4 rings (SSSR count). The molecule has 1 unspecified atom stereocenters. The van der Waals surface area contributed by atoms with Crippen molar-refractivity contribution in [3.8, 4) is 22.9 Å². The number of carbonyl (C=O) groups excluding carboxylic acids is 3. The van der Waals surface area contributed by atoms with E-state index in [0.717, 1.165) is 18.4 Å². The molecule has 2 aromatic carbocycles. The Morgan fingerprint density at radius 3 is 2.41 bits per heavy atom. The van der Waals surface area contributed by atoms with Crippen LogP contribution in [-0.4, -0.2) is 77.9 Å². The van der Waals surface area contributed by atoms with Gasteiger partial charge in [0.05, 0.1) is 18.8 Å². The summed E-state index contributed by atoms with van der Waals surface area (Å²) in [5.41, 5.74) is 0.868. The molecule has 248 valence electrons. The van der Waals surface area contributed by atoms with Gasteiger partial charge in [-0.1, -0.05) is 24.3 Å². The lowest BCUT2D eigenvalue weighted by atomic mass is 9.98. The van der Waals surface area contributed by atoms with E-state index in [1.807, 2.05) is 38.1 Å². The van der Waals surface area contributed by atoms with Gasteiger partial charge in [0.2, 0.25) is 5.91 Å². The molecule has 1 N–H and O–H groups in total. The van der Waals surface area contributed by atoms with Crippen molar-refractivity contribution in [1.29, 1.82) is 5.26 Å². The number of carbonyl (C=O) groups is 3. The molecule has 11 heteroatoms. The van der Waals surface area contributed by atoms with Crippen LogP contribution in [0.5, 0.6) is 5.75 Å². The summed E-state index contributed by atoms with van der Waals surface area (Å²) < 4.78 is 32.3. The van der Waals surface area contributed by atoms with E-state index in [1.165, 1.54) is 11.0 Å². The Morgan fingerprint density at radius 2 is 1.76 bits per heavy atom. The lowest BCUT2D eigenvalue weighted by Crippen LogP contribution is -2.51. The Labute approximate surface area is 270 Å². The van der Waals surface area contributed by atoms with E-state index in [2.05, 4.69) is 11.4 Å². The fourth-order valence-electron chi connectivity index (χ4n) is 5.66. The van der Waals surface area contributed by atoms with Crippen LogP contribution in [0, 0.1) is 23.1 Å². The van der Waals surface area contributed by atoms with Crippen LogP contribution < -0.4 is 10.1 Å². The van der Waals surface area contributed by atoms with E-state index in [-0.39, 0.29) is 24.2 Å². The van der Waals surface area contributed by atoms with Crippen LogP contribution in [0.3, 0.4) is 0 Å². The van der Waals surface area contributed by atoms with E-state index >= 15 is 4.39 Å². The molecule has 0 radical (unpaired) electrons. The van der Waals surface area contributed by atoms with Crippen LogP contribution in [0.2, 0.25) is 0 Å². The normalized spacial score (nSPS) is 17.7. The average molecular weight is 637 g/mol. The van der Waals surface area contributed by atoms with Crippen LogP contribution in [0.15, 0.2) is 42.5 Å². The number of amides is 3. The van der Waals surface area contributed by atoms with Crippen molar-refractivity contribution in [3.05, 3.63) is 53.8 Å². The van der Waals surface area contributed by atoms with Crippen molar-refractivity contribution in [2.75, 3.05) is 26.2 Å². The molecule has 2 atom stereocenters. The maximum atomic E-state index is 15.5. The largest absolute Gasteiger partial charge is 0.493 e. The predicted molar refractivity (Wildman–Crippen MR) is 170 cm³/mol. The van der Waals surface area contributed by atoms with Crippen molar-refractivity contribution in [2.45, 2.75) is 90.5 Å². The molecule has 10 nitrogen and oxygen atoms in total. The van der Waals surface area contributed by atoms with Crippen molar-refractivity contribution >= 4 is 18.1 Å². The molecule has 3 amide bonds. The average Bonchev–Trinajstić information content (AvgIpc) is 3.48. The van der Waals surface area contributed by atoms with E-state index < -0.39 is 35.5 Å². The summed E-state index contributed by atoms with van der Waals surface area (Å²) in [4.78, 5) is 41.4. The Bertz CT molecular complexity index is 1430. The number of nitriles is 1. The number of benzene rings is 2. The highest BCUT2D eigenvalue weighted by Gasteiger charge is 2.35. The minimum atomic E-state index is -1.10. The fraction of sp³-hybridized carbons (Fsp3) is 0.543. The smallest absolute Gasteiger partial charge is 0.410 e. The number of hydrogen-bond donors (Lipinski definition) is 1. The molecule has 2 fully saturated rings. The van der Waals surface area contributed by atoms with Crippen LogP contribution in [0.25, 0.3) is 11.1 Å². The number of hydrogen-bond acceptors (Lipinski definition) is 7. The standard InChI is InChI=1S/C35H45FN4O6/c1-23(2)45-34(43)39-16-13-24(14-17-39)22-44-29-10-6-8-25(18-29)26-11-12-27(30(36)19-26)20-31(38-33(42)46-35(3,4)5)32(41)40-15-7-9-28(40)21-37/h6,8,10-12,18-19,23-24,28,31H,7,9,13-17,20,22H2,1-5H3,(H,38,42)/t28-,31?/m0/s1. The zero-order valence-corrected chi connectivity index (χ0v) is 27.4. The van der Waals surface area contributed by atoms with E-state index in [4.69, 9.17) is 14.2 Å². The summed E-state index contributed by atoms with van der Waals surface area (Å²) >= 11 is 0. The Balaban J connectivity index is 1.41. The van der Waals surface area contributed by atoms with Crippen molar-refractivity contribution < 1.29 is 33.0 Å². The molecule has 2 heterocycles. The van der Waals surface area contributed by atoms with Gasteiger partial charge in [-0.3, -0.25) is 4.79 Å². The molecule has 0 spiro atoms. The molecule has 0 aromatic heterocycles. The number of piperidine rings is 1. The van der Waals surface area contributed by atoms with Gasteiger partial charge in [0.15, 0.2) is 0 Å². The molecule has 46 heavy (non-hydrogen) atoms. The summed E-state index contributed by atoms with van der Waals surface area (Å²) in [7, 11) is 0. The second kappa shape index (κ2) is 15.3. The third-order valence-electron chi connectivity index (χ3n) is 8.01. The van der Waals surface area contributed by atoms with Crippen LogP contribution >= 0.6 is 0 Å². The molecule has 2 saturated heterocycles. The molecule has 0 saturated carbocycles. The van der Waals surface area contributed by atoms with Crippen LogP contribution in [0.4, 0.5) is 14.0 Å². The third-order valence-corrected chi connectivity index (χ3v) is 8.01. The highest BCUT2D eigenvalue weighted by atomic mass is 19.1. The van der Waals surface area contributed by atoms with Gasteiger partial charge in [0.1, 0.15) is 29.3 Å². The van der Waals surface area contributed by atoms with E-state index in [1.54, 1.807) is 37.8 Å². The number of likely N-dealkylation sites (tertiary alicyclic amines) is 2. The summed E-state index contributed by atoms with van der Waals surface area (Å²) in [6, 6.07) is 12.7. The predicted octanol–water partition coefficient (Wildman–Crippen LogP) is 6.08. The van der Waals surface area contributed by atoms with Gasteiger partial charge >= 0.3 is 12.2 Å². The molecular weight excluding hydrogens is 591 g/mol. The number of alkyl carbamates (subject to hydrolysis) is 1. The monoisotopic (exact) mass is 636 g/mol. The highest BCUT2D eigenvalue weighted by Crippen LogP contribution is 2.28. The maximum absolute atomic E-state index is 15.5. The summed E-state index contributed by atoms with van der Waals surface area (Å²) in [5.74, 6) is 0.00367.